The number of aromatic amines is 1. The molecule has 1 N–H and O–H groups in total. The normalized spacial score (nSPS) is 10.9. The van der Waals surface area contributed by atoms with E-state index in [1.165, 1.54) is 12.1 Å². The van der Waals surface area contributed by atoms with Crippen LogP contribution in [0.1, 0.15) is 22.5 Å². The molecule has 152 valence electrons. The van der Waals surface area contributed by atoms with E-state index in [9.17, 15) is 9.18 Å². The van der Waals surface area contributed by atoms with Crippen LogP contribution in [0.2, 0.25) is 0 Å². The maximum absolute atomic E-state index is 13.0. The predicted molar refractivity (Wildman–Crippen MR) is 111 cm³/mol. The van der Waals surface area contributed by atoms with E-state index in [-0.39, 0.29) is 11.4 Å². The summed E-state index contributed by atoms with van der Waals surface area (Å²) >= 11 is 0. The number of H-pyrrole nitrogens is 1. The van der Waals surface area contributed by atoms with Crippen molar-refractivity contribution in [2.24, 2.45) is 7.05 Å². The standard InChI is InChI=1S/C23H21FN4O2/c1-28-15-17(13-26-28)12-18-14-25-22(27-23(18)29)11-4-16-2-7-20(8-3-16)30-21-9-5-19(24)6-10-21/h2-3,5-10,13-15H,4,11-12H2,1H3,(H,25,27,29). The largest absolute Gasteiger partial charge is 0.457 e. The molecule has 0 amide bonds. The third kappa shape index (κ3) is 5.00. The highest BCUT2D eigenvalue weighted by molar-refractivity contribution is 5.33. The quantitative estimate of drug-likeness (QED) is 0.508. The molecule has 0 aliphatic rings. The van der Waals surface area contributed by atoms with Gasteiger partial charge in [-0.25, -0.2) is 9.37 Å². The maximum atomic E-state index is 13.0. The van der Waals surface area contributed by atoms with E-state index in [0.717, 1.165) is 17.5 Å². The zero-order valence-electron chi connectivity index (χ0n) is 16.5. The maximum Gasteiger partial charge on any atom is 0.254 e. The van der Waals surface area contributed by atoms with Crippen LogP contribution in [0.15, 0.2) is 71.9 Å². The lowest BCUT2D eigenvalue weighted by Gasteiger charge is -2.07. The summed E-state index contributed by atoms with van der Waals surface area (Å²) in [7, 11) is 1.84. The summed E-state index contributed by atoms with van der Waals surface area (Å²) in [6.45, 7) is 0. The first kappa shape index (κ1) is 19.6. The third-order valence-electron chi connectivity index (χ3n) is 4.70. The summed E-state index contributed by atoms with van der Waals surface area (Å²) < 4.78 is 20.4. The van der Waals surface area contributed by atoms with Gasteiger partial charge in [0.2, 0.25) is 0 Å². The van der Waals surface area contributed by atoms with Crippen molar-refractivity contribution in [2.75, 3.05) is 0 Å². The van der Waals surface area contributed by atoms with E-state index >= 15 is 0 Å². The first-order valence-electron chi connectivity index (χ1n) is 9.62. The first-order valence-corrected chi connectivity index (χ1v) is 9.62. The van der Waals surface area contributed by atoms with Crippen molar-refractivity contribution < 1.29 is 9.13 Å². The molecule has 4 aromatic rings. The molecule has 0 bridgehead atoms. The predicted octanol–water partition coefficient (Wildman–Crippen LogP) is 3.81. The summed E-state index contributed by atoms with van der Waals surface area (Å²) in [5, 5.41) is 4.12. The van der Waals surface area contributed by atoms with Crippen LogP contribution < -0.4 is 10.3 Å². The molecule has 2 aromatic carbocycles. The van der Waals surface area contributed by atoms with Crippen molar-refractivity contribution >= 4 is 0 Å². The highest BCUT2D eigenvalue weighted by Crippen LogP contribution is 2.22. The highest BCUT2D eigenvalue weighted by atomic mass is 19.1. The number of nitrogens with zero attached hydrogens (tertiary/aromatic N) is 3. The fraction of sp³-hybridized carbons (Fsp3) is 0.174. The molecule has 7 heteroatoms. The number of aryl methyl sites for hydroxylation is 3. The van der Waals surface area contributed by atoms with E-state index in [0.29, 0.717) is 35.7 Å². The molecule has 0 saturated carbocycles. The molecule has 2 heterocycles. The number of benzene rings is 2. The van der Waals surface area contributed by atoms with E-state index in [4.69, 9.17) is 4.74 Å². The molecule has 4 rings (SSSR count). The fourth-order valence-corrected chi connectivity index (χ4v) is 3.12. The van der Waals surface area contributed by atoms with Gasteiger partial charge in [-0.2, -0.15) is 5.10 Å². The Hall–Kier alpha value is -3.74. The van der Waals surface area contributed by atoms with E-state index < -0.39 is 0 Å². The minimum Gasteiger partial charge on any atom is -0.457 e. The second-order valence-electron chi connectivity index (χ2n) is 7.08. The number of halogens is 1. The minimum absolute atomic E-state index is 0.119. The summed E-state index contributed by atoms with van der Waals surface area (Å²) in [6, 6.07) is 13.6. The summed E-state index contributed by atoms with van der Waals surface area (Å²) in [5.74, 6) is 1.62. The van der Waals surface area contributed by atoms with Gasteiger partial charge in [0, 0.05) is 37.8 Å². The smallest absolute Gasteiger partial charge is 0.254 e. The number of hydrogen-bond acceptors (Lipinski definition) is 4. The second-order valence-corrected chi connectivity index (χ2v) is 7.08. The van der Waals surface area contributed by atoms with Crippen LogP contribution in [0, 0.1) is 5.82 Å². The molecule has 6 nitrogen and oxygen atoms in total. The zero-order chi connectivity index (χ0) is 20.9. The lowest BCUT2D eigenvalue weighted by Crippen LogP contribution is -2.17. The molecule has 0 aliphatic carbocycles. The van der Waals surface area contributed by atoms with Crippen LogP contribution in [0.3, 0.4) is 0 Å². The summed E-state index contributed by atoms with van der Waals surface area (Å²) in [4.78, 5) is 19.6. The van der Waals surface area contributed by atoms with Crippen LogP contribution in [-0.4, -0.2) is 19.7 Å². The monoisotopic (exact) mass is 404 g/mol. The van der Waals surface area contributed by atoms with Gasteiger partial charge < -0.3 is 9.72 Å². The average Bonchev–Trinajstić information content (AvgIpc) is 3.16. The van der Waals surface area contributed by atoms with Crippen LogP contribution in [0.25, 0.3) is 0 Å². The SMILES string of the molecule is Cn1cc(Cc2cnc(CCc3ccc(Oc4ccc(F)cc4)cc3)[nH]c2=O)cn1. The molecule has 30 heavy (non-hydrogen) atoms. The van der Waals surface area contributed by atoms with Crippen LogP contribution in [0.4, 0.5) is 4.39 Å². The highest BCUT2D eigenvalue weighted by Gasteiger charge is 2.06. The van der Waals surface area contributed by atoms with Gasteiger partial charge in [-0.15, -0.1) is 0 Å². The van der Waals surface area contributed by atoms with Crippen LogP contribution in [0.5, 0.6) is 11.5 Å². The molecule has 0 unspecified atom stereocenters. The molecule has 0 saturated heterocycles. The Morgan fingerprint density at radius 3 is 2.30 bits per heavy atom. The Balaban J connectivity index is 1.34. The van der Waals surface area contributed by atoms with Crippen molar-refractivity contribution in [3.63, 3.8) is 0 Å². The summed E-state index contributed by atoms with van der Waals surface area (Å²) in [5.41, 5.74) is 2.57. The van der Waals surface area contributed by atoms with Gasteiger partial charge in [0.1, 0.15) is 23.1 Å². The van der Waals surface area contributed by atoms with Gasteiger partial charge in [0.15, 0.2) is 0 Å². The van der Waals surface area contributed by atoms with Crippen LogP contribution >= 0.6 is 0 Å². The number of aromatic nitrogens is 4. The number of hydrogen-bond donors (Lipinski definition) is 1. The van der Waals surface area contributed by atoms with E-state index in [2.05, 4.69) is 15.1 Å². The van der Waals surface area contributed by atoms with E-state index in [1.54, 1.807) is 29.2 Å². The van der Waals surface area contributed by atoms with Gasteiger partial charge in [-0.05, 0) is 53.9 Å². The number of nitrogens with one attached hydrogen (secondary N) is 1. The molecule has 0 fully saturated rings. The fourth-order valence-electron chi connectivity index (χ4n) is 3.12. The van der Waals surface area contributed by atoms with Crippen molar-refractivity contribution in [1.82, 2.24) is 19.7 Å². The van der Waals surface area contributed by atoms with E-state index in [1.807, 2.05) is 37.5 Å². The van der Waals surface area contributed by atoms with Gasteiger partial charge >= 0.3 is 0 Å². The number of rotatable bonds is 7. The average molecular weight is 404 g/mol. The topological polar surface area (TPSA) is 72.8 Å². The Morgan fingerprint density at radius 2 is 1.67 bits per heavy atom. The van der Waals surface area contributed by atoms with Gasteiger partial charge in [-0.3, -0.25) is 9.48 Å². The third-order valence-corrected chi connectivity index (χ3v) is 4.70. The molecular weight excluding hydrogens is 383 g/mol. The minimum atomic E-state index is -0.297. The van der Waals surface area contributed by atoms with Crippen molar-refractivity contribution in [2.45, 2.75) is 19.3 Å². The molecular formula is C23H21FN4O2. The van der Waals surface area contributed by atoms with Crippen molar-refractivity contribution in [3.05, 3.63) is 106 Å². The lowest BCUT2D eigenvalue weighted by atomic mass is 10.1. The van der Waals surface area contributed by atoms with Crippen LogP contribution in [-0.2, 0) is 26.3 Å². The molecule has 0 aliphatic heterocycles. The molecule has 2 aromatic heterocycles. The van der Waals surface area contributed by atoms with Gasteiger partial charge in [0.25, 0.3) is 5.56 Å². The molecule has 0 spiro atoms. The first-order chi connectivity index (χ1) is 14.5. The summed E-state index contributed by atoms with van der Waals surface area (Å²) in [6.07, 6.45) is 7.14. The lowest BCUT2D eigenvalue weighted by molar-refractivity contribution is 0.480. The zero-order valence-corrected chi connectivity index (χ0v) is 16.5. The second kappa shape index (κ2) is 8.73. The number of ether oxygens (including phenoxy) is 1. The van der Waals surface area contributed by atoms with Crippen molar-refractivity contribution in [3.8, 4) is 11.5 Å². The van der Waals surface area contributed by atoms with Gasteiger partial charge in [0.05, 0.1) is 6.20 Å². The van der Waals surface area contributed by atoms with Crippen molar-refractivity contribution in [1.29, 1.82) is 0 Å². The molecule has 0 atom stereocenters. The Kier molecular flexibility index (Phi) is 5.70. The molecule has 0 radical (unpaired) electrons. The Morgan fingerprint density at radius 1 is 0.967 bits per heavy atom. The Bertz CT molecular complexity index is 1180. The Labute approximate surface area is 173 Å². The van der Waals surface area contributed by atoms with Gasteiger partial charge in [-0.1, -0.05) is 12.1 Å².